The van der Waals surface area contributed by atoms with Gasteiger partial charge in [-0.15, -0.1) is 0 Å². The van der Waals surface area contributed by atoms with Crippen molar-refractivity contribution < 1.29 is 4.74 Å². The Morgan fingerprint density at radius 2 is 2.14 bits per heavy atom. The summed E-state index contributed by atoms with van der Waals surface area (Å²) in [6, 6.07) is 0. The Hall–Kier alpha value is 0.230. The summed E-state index contributed by atoms with van der Waals surface area (Å²) in [6.07, 6.45) is 3.12. The number of nitrogens with two attached hydrogens (primary N) is 1. The molecule has 0 aliphatic carbocycles. The lowest BCUT2D eigenvalue weighted by Gasteiger charge is -2.38. The molecule has 1 unspecified atom stereocenters. The summed E-state index contributed by atoms with van der Waals surface area (Å²) >= 11 is 1.87. The molecule has 0 amide bonds. The van der Waals surface area contributed by atoms with Gasteiger partial charge in [-0.05, 0) is 26.6 Å². The molecule has 0 heterocycles. The van der Waals surface area contributed by atoms with Crippen molar-refractivity contribution in [1.29, 1.82) is 0 Å². The van der Waals surface area contributed by atoms with Gasteiger partial charge in [0.05, 0.1) is 0 Å². The summed E-state index contributed by atoms with van der Waals surface area (Å²) in [4.78, 5) is 2.34. The van der Waals surface area contributed by atoms with Crippen molar-refractivity contribution in [2.45, 2.75) is 18.9 Å². The maximum atomic E-state index is 5.82. The highest BCUT2D eigenvalue weighted by Gasteiger charge is 2.26. The van der Waals surface area contributed by atoms with Crippen LogP contribution in [0.2, 0.25) is 0 Å². The van der Waals surface area contributed by atoms with E-state index in [2.05, 4.69) is 25.1 Å². The molecule has 0 aliphatic rings. The van der Waals surface area contributed by atoms with E-state index < -0.39 is 0 Å². The molecular weight excluding hydrogens is 196 g/mol. The molecule has 0 rings (SSSR count). The number of rotatable bonds is 8. The van der Waals surface area contributed by atoms with E-state index in [0.717, 1.165) is 25.3 Å². The summed E-state index contributed by atoms with van der Waals surface area (Å²) in [6.45, 7) is 4.74. The van der Waals surface area contributed by atoms with Crippen molar-refractivity contribution in [2.75, 3.05) is 45.9 Å². The van der Waals surface area contributed by atoms with Gasteiger partial charge in [-0.25, -0.2) is 0 Å². The zero-order valence-corrected chi connectivity index (χ0v) is 10.7. The minimum atomic E-state index is 0.0751. The Balaban J connectivity index is 4.05. The second-order valence-electron chi connectivity index (χ2n) is 3.86. The van der Waals surface area contributed by atoms with E-state index in [1.807, 2.05) is 11.8 Å². The summed E-state index contributed by atoms with van der Waals surface area (Å²) in [5, 5.41) is 0. The Morgan fingerprint density at radius 3 is 2.57 bits per heavy atom. The van der Waals surface area contributed by atoms with E-state index in [1.54, 1.807) is 7.11 Å². The fraction of sp³-hybridized carbons (Fsp3) is 1.00. The van der Waals surface area contributed by atoms with E-state index in [0.29, 0.717) is 6.54 Å². The lowest BCUT2D eigenvalue weighted by Crippen LogP contribution is -2.51. The van der Waals surface area contributed by atoms with E-state index in [1.165, 1.54) is 0 Å². The smallest absolute Gasteiger partial charge is 0.0480 e. The van der Waals surface area contributed by atoms with Gasteiger partial charge in [0.1, 0.15) is 0 Å². The van der Waals surface area contributed by atoms with Crippen LogP contribution in [-0.2, 0) is 4.74 Å². The molecule has 0 saturated heterocycles. The highest BCUT2D eigenvalue weighted by Crippen LogP contribution is 2.16. The third kappa shape index (κ3) is 4.64. The van der Waals surface area contributed by atoms with Crippen molar-refractivity contribution in [1.82, 2.24) is 4.90 Å². The van der Waals surface area contributed by atoms with Gasteiger partial charge in [-0.1, -0.05) is 0 Å². The number of nitrogens with zero attached hydrogens (tertiary/aromatic N) is 1. The Kier molecular flexibility index (Phi) is 7.64. The van der Waals surface area contributed by atoms with Gasteiger partial charge in [-0.2, -0.15) is 11.8 Å². The largest absolute Gasteiger partial charge is 0.385 e. The quantitative estimate of drug-likeness (QED) is 0.663. The third-order valence-electron chi connectivity index (χ3n) is 2.84. The van der Waals surface area contributed by atoms with Crippen LogP contribution in [-0.4, -0.2) is 56.3 Å². The Morgan fingerprint density at radius 1 is 1.50 bits per heavy atom. The van der Waals surface area contributed by atoms with Gasteiger partial charge < -0.3 is 10.5 Å². The van der Waals surface area contributed by atoms with Crippen LogP contribution in [0, 0.1) is 0 Å². The van der Waals surface area contributed by atoms with E-state index >= 15 is 0 Å². The maximum Gasteiger partial charge on any atom is 0.0480 e. The van der Waals surface area contributed by atoms with Crippen LogP contribution in [0.4, 0.5) is 0 Å². The molecule has 0 saturated carbocycles. The molecule has 0 aromatic heterocycles. The van der Waals surface area contributed by atoms with E-state index in [9.17, 15) is 0 Å². The molecule has 0 spiro atoms. The van der Waals surface area contributed by atoms with Gasteiger partial charge in [0.2, 0.25) is 0 Å². The van der Waals surface area contributed by atoms with Crippen molar-refractivity contribution >= 4 is 11.8 Å². The number of likely N-dealkylation sites (N-methyl/N-ethyl adjacent to an activating group) is 1. The van der Waals surface area contributed by atoms with Gasteiger partial charge in [0.15, 0.2) is 0 Å². The molecule has 0 fully saturated rings. The average Bonchev–Trinajstić information content (AvgIpc) is 2.22. The molecule has 1 atom stereocenters. The molecule has 4 heteroatoms. The lowest BCUT2D eigenvalue weighted by molar-refractivity contribution is 0.0940. The second-order valence-corrected chi connectivity index (χ2v) is 4.84. The van der Waals surface area contributed by atoms with Crippen LogP contribution >= 0.6 is 11.8 Å². The number of hydrogen-bond acceptors (Lipinski definition) is 4. The summed E-state index contributed by atoms with van der Waals surface area (Å²) in [7, 11) is 3.87. The van der Waals surface area contributed by atoms with Gasteiger partial charge in [0.25, 0.3) is 0 Å². The van der Waals surface area contributed by atoms with Gasteiger partial charge >= 0.3 is 0 Å². The number of hydrogen-bond donors (Lipinski definition) is 1. The highest BCUT2D eigenvalue weighted by atomic mass is 32.2. The molecule has 14 heavy (non-hydrogen) atoms. The van der Waals surface area contributed by atoms with Crippen LogP contribution in [0.15, 0.2) is 0 Å². The van der Waals surface area contributed by atoms with Crippen LogP contribution in [0.25, 0.3) is 0 Å². The molecule has 0 radical (unpaired) electrons. The van der Waals surface area contributed by atoms with Crippen LogP contribution in [0.3, 0.4) is 0 Å². The molecule has 0 aromatic rings. The molecule has 0 aliphatic heterocycles. The summed E-state index contributed by atoms with van der Waals surface area (Å²) in [5.74, 6) is 1.15. The average molecular weight is 220 g/mol. The second kappa shape index (κ2) is 7.51. The molecule has 3 nitrogen and oxygen atoms in total. The van der Waals surface area contributed by atoms with Crippen molar-refractivity contribution in [2.24, 2.45) is 5.73 Å². The number of methoxy groups -OCH3 is 1. The first-order valence-electron chi connectivity index (χ1n) is 5.00. The fourth-order valence-electron chi connectivity index (χ4n) is 1.27. The van der Waals surface area contributed by atoms with Crippen molar-refractivity contribution in [3.05, 3.63) is 0 Å². The Bertz CT molecular complexity index is 146. The minimum absolute atomic E-state index is 0.0751. The zero-order valence-electron chi connectivity index (χ0n) is 9.88. The van der Waals surface area contributed by atoms with Crippen LogP contribution < -0.4 is 5.73 Å². The van der Waals surface area contributed by atoms with Crippen LogP contribution in [0.1, 0.15) is 13.3 Å². The monoisotopic (exact) mass is 220 g/mol. The fourth-order valence-corrected chi connectivity index (χ4v) is 1.73. The first kappa shape index (κ1) is 14.2. The van der Waals surface area contributed by atoms with Gasteiger partial charge in [-0.3, -0.25) is 4.90 Å². The molecule has 86 valence electrons. The SMILES string of the molecule is COCCC(C)(CN)N(C)CCSC. The standard InChI is InChI=1S/C10H24N2OS/c1-10(9-11,5-7-13-3)12(2)6-8-14-4/h5-9,11H2,1-4H3. The summed E-state index contributed by atoms with van der Waals surface area (Å²) in [5.41, 5.74) is 5.89. The number of thioether (sulfide) groups is 1. The molecule has 0 aromatic carbocycles. The first-order chi connectivity index (χ1) is 6.60. The molecular formula is C10H24N2OS. The Labute approximate surface area is 92.4 Å². The van der Waals surface area contributed by atoms with E-state index in [4.69, 9.17) is 10.5 Å². The van der Waals surface area contributed by atoms with Crippen molar-refractivity contribution in [3.8, 4) is 0 Å². The predicted octanol–water partition coefficient (Wildman–Crippen LogP) is 1.04. The van der Waals surface area contributed by atoms with E-state index in [-0.39, 0.29) is 5.54 Å². The minimum Gasteiger partial charge on any atom is -0.385 e. The topological polar surface area (TPSA) is 38.5 Å². The zero-order chi connectivity index (χ0) is 11.0. The predicted molar refractivity (Wildman–Crippen MR) is 65.0 cm³/mol. The number of ether oxygens (including phenoxy) is 1. The highest BCUT2D eigenvalue weighted by molar-refractivity contribution is 7.98. The normalized spacial score (nSPS) is 15.9. The van der Waals surface area contributed by atoms with Crippen LogP contribution in [0.5, 0.6) is 0 Å². The third-order valence-corrected chi connectivity index (χ3v) is 3.43. The maximum absolute atomic E-state index is 5.82. The lowest BCUT2D eigenvalue weighted by atomic mass is 9.96. The first-order valence-corrected chi connectivity index (χ1v) is 6.39. The summed E-state index contributed by atoms with van der Waals surface area (Å²) < 4.78 is 5.11. The van der Waals surface area contributed by atoms with Gasteiger partial charge in [0, 0.05) is 38.1 Å². The molecule has 0 bridgehead atoms. The molecule has 2 N–H and O–H groups in total. The van der Waals surface area contributed by atoms with Crippen molar-refractivity contribution in [3.63, 3.8) is 0 Å².